The predicted molar refractivity (Wildman–Crippen MR) is 126 cm³/mol. The summed E-state index contributed by atoms with van der Waals surface area (Å²) in [6.45, 7) is 6.57. The van der Waals surface area contributed by atoms with Crippen LogP contribution in [0.15, 0.2) is 54.7 Å². The lowest BCUT2D eigenvalue weighted by molar-refractivity contribution is 0.0689. The van der Waals surface area contributed by atoms with Crippen molar-refractivity contribution in [2.75, 3.05) is 26.2 Å². The Morgan fingerprint density at radius 1 is 1.03 bits per heavy atom. The van der Waals surface area contributed by atoms with Gasteiger partial charge in [-0.1, -0.05) is 25.4 Å². The molecule has 1 aliphatic rings. The minimum atomic E-state index is -1.18. The van der Waals surface area contributed by atoms with Crippen molar-refractivity contribution in [1.29, 1.82) is 0 Å². The van der Waals surface area contributed by atoms with E-state index in [1.54, 1.807) is 35.2 Å². The zero-order valence-corrected chi connectivity index (χ0v) is 19.7. The average Bonchev–Trinajstić information content (AvgIpc) is 3.32. The van der Waals surface area contributed by atoms with Gasteiger partial charge in [0.15, 0.2) is 5.69 Å². The van der Waals surface area contributed by atoms with Gasteiger partial charge in [-0.2, -0.15) is 9.78 Å². The molecular weight excluding hydrogens is 463 g/mol. The maximum absolute atomic E-state index is 14.1. The van der Waals surface area contributed by atoms with Crippen molar-refractivity contribution in [3.63, 3.8) is 0 Å². The summed E-state index contributed by atoms with van der Waals surface area (Å²) in [6.07, 6.45) is 1.34. The molecule has 0 saturated carbocycles. The Bertz CT molecular complexity index is 1130. The minimum absolute atomic E-state index is 0.181. The number of benzene rings is 2. The number of rotatable bonds is 5. The first kappa shape index (κ1) is 25.2. The molecule has 3 aromatic rings. The molecule has 2 aromatic carbocycles. The second-order valence-electron chi connectivity index (χ2n) is 7.35. The van der Waals surface area contributed by atoms with Crippen molar-refractivity contribution < 1.29 is 23.8 Å². The number of carbonyl (C=O) groups excluding carboxylic acids is 1. The van der Waals surface area contributed by atoms with E-state index >= 15 is 0 Å². The van der Waals surface area contributed by atoms with Gasteiger partial charge in [-0.05, 0) is 48.0 Å². The van der Waals surface area contributed by atoms with Crippen LogP contribution in [0.5, 0.6) is 11.5 Å². The number of aromatic carboxylic acids is 1. The molecular formula is C24H26ClFN4O4. The number of piperazine rings is 1. The van der Waals surface area contributed by atoms with E-state index in [0.29, 0.717) is 49.2 Å². The molecule has 1 aliphatic heterocycles. The highest BCUT2D eigenvalue weighted by Crippen LogP contribution is 2.25. The topological polar surface area (TPSA) is 87.9 Å². The van der Waals surface area contributed by atoms with Gasteiger partial charge < -0.3 is 14.7 Å². The molecule has 8 nitrogen and oxygen atoms in total. The molecule has 4 rings (SSSR count). The van der Waals surface area contributed by atoms with E-state index in [2.05, 4.69) is 10.00 Å². The minimum Gasteiger partial charge on any atom is -0.476 e. The molecule has 1 aromatic heterocycles. The van der Waals surface area contributed by atoms with E-state index in [-0.39, 0.29) is 11.7 Å². The van der Waals surface area contributed by atoms with E-state index in [9.17, 15) is 14.0 Å². The van der Waals surface area contributed by atoms with E-state index in [4.69, 9.17) is 21.4 Å². The third kappa shape index (κ3) is 6.55. The number of hydrogen-bond acceptors (Lipinski definition) is 5. The highest BCUT2D eigenvalue weighted by molar-refractivity contribution is 6.30. The number of aromatic nitrogens is 2. The van der Waals surface area contributed by atoms with Crippen LogP contribution in [-0.2, 0) is 6.54 Å². The van der Waals surface area contributed by atoms with Crippen molar-refractivity contribution >= 4 is 23.6 Å². The molecule has 180 valence electrons. The first-order valence-corrected chi connectivity index (χ1v) is 11.3. The van der Waals surface area contributed by atoms with Crippen molar-refractivity contribution in [3.8, 4) is 11.5 Å². The highest BCUT2D eigenvalue weighted by Gasteiger charge is 2.23. The summed E-state index contributed by atoms with van der Waals surface area (Å²) in [7, 11) is 0. The molecule has 1 fully saturated rings. The lowest BCUT2D eigenvalue weighted by atomic mass is 10.1. The van der Waals surface area contributed by atoms with Gasteiger partial charge in [0, 0.05) is 50.0 Å². The molecule has 0 spiro atoms. The van der Waals surface area contributed by atoms with E-state index in [0.717, 1.165) is 10.2 Å². The molecule has 1 N–H and O–H groups in total. The van der Waals surface area contributed by atoms with Crippen LogP contribution >= 0.6 is 11.6 Å². The Labute approximate surface area is 202 Å². The Balaban J connectivity index is 0.00000158. The molecule has 1 saturated heterocycles. The largest absolute Gasteiger partial charge is 0.476 e. The third-order valence-electron chi connectivity index (χ3n) is 5.03. The number of carbonyl (C=O) groups is 2. The number of carboxylic acid groups (broad SMARTS) is 1. The normalized spacial score (nSPS) is 13.7. The summed E-state index contributed by atoms with van der Waals surface area (Å²) in [5, 5.41) is 13.3. The Kier molecular flexibility index (Phi) is 8.61. The van der Waals surface area contributed by atoms with Crippen molar-refractivity contribution in [2.45, 2.75) is 20.4 Å². The molecule has 0 unspecified atom stereocenters. The lowest BCUT2D eigenvalue weighted by Gasteiger charge is -2.34. The first-order chi connectivity index (χ1) is 16.4. The molecule has 34 heavy (non-hydrogen) atoms. The summed E-state index contributed by atoms with van der Waals surface area (Å²) < 4.78 is 20.9. The van der Waals surface area contributed by atoms with E-state index < -0.39 is 11.8 Å². The molecule has 2 heterocycles. The second kappa shape index (κ2) is 11.6. The summed E-state index contributed by atoms with van der Waals surface area (Å²) in [4.78, 5) is 27.2. The van der Waals surface area contributed by atoms with E-state index in [1.165, 1.54) is 24.4 Å². The van der Waals surface area contributed by atoms with Crippen molar-refractivity contribution in [2.24, 2.45) is 0 Å². The van der Waals surface area contributed by atoms with Crippen LogP contribution in [0.2, 0.25) is 5.02 Å². The maximum atomic E-state index is 14.1. The molecule has 0 aliphatic carbocycles. The summed E-state index contributed by atoms with van der Waals surface area (Å²) in [5.41, 5.74) is 0.576. The third-order valence-corrected chi connectivity index (χ3v) is 5.29. The van der Waals surface area contributed by atoms with Crippen LogP contribution in [0.25, 0.3) is 0 Å². The van der Waals surface area contributed by atoms with Crippen LogP contribution in [0.3, 0.4) is 0 Å². The Hall–Kier alpha value is -3.43. The monoisotopic (exact) mass is 488 g/mol. The molecule has 10 heteroatoms. The van der Waals surface area contributed by atoms with Gasteiger partial charge in [-0.25, -0.2) is 14.0 Å². The fraction of sp³-hybridized carbons (Fsp3) is 0.292. The van der Waals surface area contributed by atoms with Gasteiger partial charge >= 0.3 is 12.0 Å². The number of halogens is 2. The lowest BCUT2D eigenvalue weighted by Crippen LogP contribution is -2.49. The zero-order valence-electron chi connectivity index (χ0n) is 18.9. The maximum Gasteiger partial charge on any atom is 0.356 e. The average molecular weight is 489 g/mol. The summed E-state index contributed by atoms with van der Waals surface area (Å²) in [5.74, 6) is -0.629. The fourth-order valence-corrected chi connectivity index (χ4v) is 3.58. The van der Waals surface area contributed by atoms with E-state index in [1.807, 2.05) is 13.8 Å². The summed E-state index contributed by atoms with van der Waals surface area (Å²) in [6, 6.07) is 12.3. The van der Waals surface area contributed by atoms with Gasteiger partial charge in [0.05, 0.1) is 0 Å². The smallest absolute Gasteiger partial charge is 0.356 e. The van der Waals surface area contributed by atoms with Crippen LogP contribution in [0.4, 0.5) is 9.18 Å². The number of nitrogens with zero attached hydrogens (tertiary/aromatic N) is 4. The SMILES string of the molecule is CC.O=C(O)c1ccn(C(=O)N2CCN(Cc3cc(F)cc(Oc4ccc(Cl)cc4)c3)CC2)n1. The van der Waals surface area contributed by atoms with Gasteiger partial charge in [0.25, 0.3) is 0 Å². The number of hydrogen-bond donors (Lipinski definition) is 1. The number of amides is 1. The summed E-state index contributed by atoms with van der Waals surface area (Å²) >= 11 is 5.88. The second-order valence-corrected chi connectivity index (χ2v) is 7.78. The van der Waals surface area contributed by atoms with Crippen LogP contribution < -0.4 is 4.74 Å². The first-order valence-electron chi connectivity index (χ1n) is 10.9. The fourth-order valence-electron chi connectivity index (χ4n) is 3.45. The van der Waals surface area contributed by atoms with Gasteiger partial charge in [-0.3, -0.25) is 4.90 Å². The van der Waals surface area contributed by atoms with Crippen molar-refractivity contribution in [1.82, 2.24) is 19.6 Å². The van der Waals surface area contributed by atoms with Gasteiger partial charge in [0.1, 0.15) is 17.3 Å². The number of carboxylic acids is 1. The van der Waals surface area contributed by atoms with Crippen molar-refractivity contribution in [3.05, 3.63) is 76.8 Å². The quantitative estimate of drug-likeness (QED) is 0.545. The molecule has 0 bridgehead atoms. The molecule has 0 radical (unpaired) electrons. The molecule has 1 amide bonds. The highest BCUT2D eigenvalue weighted by atomic mass is 35.5. The Morgan fingerprint density at radius 2 is 1.71 bits per heavy atom. The van der Waals surface area contributed by atoms with Crippen LogP contribution in [-0.4, -0.2) is 62.9 Å². The van der Waals surface area contributed by atoms with Crippen LogP contribution in [0.1, 0.15) is 29.9 Å². The van der Waals surface area contributed by atoms with Gasteiger partial charge in [0.2, 0.25) is 0 Å². The van der Waals surface area contributed by atoms with Crippen LogP contribution in [0, 0.1) is 5.82 Å². The predicted octanol–water partition coefficient (Wildman–Crippen LogP) is 4.98. The standard InChI is InChI=1S/C22H20ClFN4O4.C2H6/c23-16-1-3-18(4-2-16)32-19-12-15(11-17(24)13-19)14-26-7-9-27(10-8-26)22(31)28-6-5-20(25-28)21(29)30;1-2/h1-6,11-13H,7-10,14H2,(H,29,30);1-2H3. The molecule has 0 atom stereocenters. The zero-order chi connectivity index (χ0) is 24.7. The Morgan fingerprint density at radius 3 is 2.32 bits per heavy atom. The van der Waals surface area contributed by atoms with Gasteiger partial charge in [-0.15, -0.1) is 0 Å². The number of ether oxygens (including phenoxy) is 1.